The van der Waals surface area contributed by atoms with Crippen molar-refractivity contribution in [2.24, 2.45) is 5.92 Å². The van der Waals surface area contributed by atoms with Crippen LogP contribution in [-0.4, -0.2) is 18.5 Å². The molecule has 0 aliphatic carbocycles. The zero-order valence-electron chi connectivity index (χ0n) is 10.6. The molecule has 1 saturated heterocycles. The average Bonchev–Trinajstić information content (AvgIpc) is 2.38. The molecule has 18 heavy (non-hydrogen) atoms. The second-order valence-electron chi connectivity index (χ2n) is 4.86. The predicted molar refractivity (Wildman–Crippen MR) is 73.5 cm³/mol. The van der Waals surface area contributed by atoms with Gasteiger partial charge in [-0.25, -0.2) is 0 Å². The second-order valence-corrected chi connectivity index (χ2v) is 5.27. The molecule has 0 radical (unpaired) electrons. The largest absolute Gasteiger partial charge is 0.351 e. The van der Waals surface area contributed by atoms with E-state index in [1.54, 1.807) is 0 Å². The lowest BCUT2D eigenvalue weighted by molar-refractivity contribution is -0.125. The third-order valence-corrected chi connectivity index (χ3v) is 3.83. The van der Waals surface area contributed by atoms with Gasteiger partial charge in [-0.2, -0.15) is 0 Å². The van der Waals surface area contributed by atoms with Crippen molar-refractivity contribution >= 4 is 17.5 Å². The van der Waals surface area contributed by atoms with Crippen LogP contribution in [0.3, 0.4) is 0 Å². The highest BCUT2D eigenvalue weighted by Gasteiger charge is 2.26. The first kappa shape index (κ1) is 13.4. The van der Waals surface area contributed by atoms with Crippen LogP contribution in [0.1, 0.15) is 25.3 Å². The molecule has 1 aromatic rings. The van der Waals surface area contributed by atoms with Crippen molar-refractivity contribution in [3.63, 3.8) is 0 Å². The Labute approximate surface area is 113 Å². The summed E-state index contributed by atoms with van der Waals surface area (Å²) in [6.45, 7) is 3.53. The molecule has 0 spiro atoms. The summed E-state index contributed by atoms with van der Waals surface area (Å²) >= 11 is 6.06. The Morgan fingerprint density at radius 3 is 3.00 bits per heavy atom. The molecule has 1 fully saturated rings. The average molecular weight is 267 g/mol. The van der Waals surface area contributed by atoms with Gasteiger partial charge in [0.2, 0.25) is 5.91 Å². The third kappa shape index (κ3) is 3.24. The van der Waals surface area contributed by atoms with Crippen LogP contribution < -0.4 is 10.6 Å². The Bertz CT molecular complexity index is 422. The Morgan fingerprint density at radius 1 is 1.50 bits per heavy atom. The topological polar surface area (TPSA) is 41.1 Å². The van der Waals surface area contributed by atoms with E-state index in [1.165, 1.54) is 0 Å². The fraction of sp³-hybridized carbons (Fsp3) is 0.500. The molecule has 1 aromatic carbocycles. The lowest BCUT2D eigenvalue weighted by atomic mass is 9.92. The van der Waals surface area contributed by atoms with E-state index < -0.39 is 0 Å². The van der Waals surface area contributed by atoms with Crippen LogP contribution in [0, 0.1) is 5.92 Å². The zero-order valence-corrected chi connectivity index (χ0v) is 11.3. The van der Waals surface area contributed by atoms with Gasteiger partial charge in [0.1, 0.15) is 0 Å². The quantitative estimate of drug-likeness (QED) is 0.882. The molecular weight excluding hydrogens is 248 g/mol. The zero-order chi connectivity index (χ0) is 13.0. The number of hydrogen-bond acceptors (Lipinski definition) is 2. The summed E-state index contributed by atoms with van der Waals surface area (Å²) in [5, 5.41) is 6.93. The van der Waals surface area contributed by atoms with E-state index in [1.807, 2.05) is 24.3 Å². The number of benzene rings is 1. The highest BCUT2D eigenvalue weighted by atomic mass is 35.5. The number of carbonyl (C=O) groups is 1. The first-order chi connectivity index (χ1) is 8.68. The maximum absolute atomic E-state index is 12.1. The molecule has 2 N–H and O–H groups in total. The number of carbonyl (C=O) groups excluding carboxylic acids is 1. The number of piperidine rings is 1. The molecule has 2 atom stereocenters. The first-order valence-electron chi connectivity index (χ1n) is 6.43. The van der Waals surface area contributed by atoms with Crippen LogP contribution in [0.25, 0.3) is 0 Å². The summed E-state index contributed by atoms with van der Waals surface area (Å²) < 4.78 is 0. The van der Waals surface area contributed by atoms with Gasteiger partial charge in [-0.15, -0.1) is 0 Å². The molecule has 0 bridgehead atoms. The van der Waals surface area contributed by atoms with Crippen molar-refractivity contribution < 1.29 is 4.79 Å². The van der Waals surface area contributed by atoms with Crippen LogP contribution in [0.4, 0.5) is 0 Å². The predicted octanol–water partition coefficient (Wildman–Crippen LogP) is 2.34. The van der Waals surface area contributed by atoms with Gasteiger partial charge >= 0.3 is 0 Å². The minimum Gasteiger partial charge on any atom is -0.351 e. The highest BCUT2D eigenvalue weighted by molar-refractivity contribution is 6.31. The molecule has 3 nitrogen and oxygen atoms in total. The van der Waals surface area contributed by atoms with Gasteiger partial charge in [0.05, 0.1) is 6.04 Å². The van der Waals surface area contributed by atoms with Gasteiger partial charge in [0, 0.05) is 11.6 Å². The van der Waals surface area contributed by atoms with Crippen LogP contribution in [0.2, 0.25) is 5.02 Å². The molecule has 1 aliphatic rings. The molecule has 1 amide bonds. The molecule has 0 aromatic heterocycles. The van der Waals surface area contributed by atoms with Gasteiger partial charge in [-0.3, -0.25) is 4.79 Å². The molecule has 2 rings (SSSR count). The lowest BCUT2D eigenvalue weighted by Crippen LogP contribution is -2.50. The lowest BCUT2D eigenvalue weighted by Gasteiger charge is -2.29. The van der Waals surface area contributed by atoms with E-state index in [0.717, 1.165) is 24.9 Å². The van der Waals surface area contributed by atoms with Crippen molar-refractivity contribution in [2.45, 2.75) is 32.4 Å². The van der Waals surface area contributed by atoms with Gasteiger partial charge in [0.25, 0.3) is 0 Å². The summed E-state index contributed by atoms with van der Waals surface area (Å²) in [6, 6.07) is 7.51. The van der Waals surface area contributed by atoms with Crippen molar-refractivity contribution in [2.75, 3.05) is 6.54 Å². The van der Waals surface area contributed by atoms with Crippen molar-refractivity contribution in [1.82, 2.24) is 10.6 Å². The van der Waals surface area contributed by atoms with Crippen LogP contribution in [-0.2, 0) is 11.3 Å². The standard InChI is InChI=1S/C14H19ClN2O/c1-10-5-4-8-16-13(10)14(18)17-9-11-6-2-3-7-12(11)15/h2-3,6-7,10,13,16H,4-5,8-9H2,1H3,(H,17,18). The summed E-state index contributed by atoms with van der Waals surface area (Å²) in [4.78, 5) is 12.1. The smallest absolute Gasteiger partial charge is 0.237 e. The molecule has 1 aliphatic heterocycles. The second kappa shape index (κ2) is 6.21. The van der Waals surface area contributed by atoms with E-state index in [0.29, 0.717) is 17.5 Å². The SMILES string of the molecule is CC1CCCNC1C(=O)NCc1ccccc1Cl. The minimum atomic E-state index is -0.0683. The summed E-state index contributed by atoms with van der Waals surface area (Å²) in [5.74, 6) is 0.465. The summed E-state index contributed by atoms with van der Waals surface area (Å²) in [6.07, 6.45) is 2.26. The fourth-order valence-electron chi connectivity index (χ4n) is 2.33. The maximum Gasteiger partial charge on any atom is 0.237 e. The number of rotatable bonds is 3. The van der Waals surface area contributed by atoms with Crippen molar-refractivity contribution in [1.29, 1.82) is 0 Å². The highest BCUT2D eigenvalue weighted by Crippen LogP contribution is 2.17. The van der Waals surface area contributed by atoms with Gasteiger partial charge in [-0.05, 0) is 36.9 Å². The monoisotopic (exact) mass is 266 g/mol. The number of hydrogen-bond donors (Lipinski definition) is 2. The normalized spacial score (nSPS) is 23.7. The van der Waals surface area contributed by atoms with Crippen molar-refractivity contribution in [3.05, 3.63) is 34.9 Å². The van der Waals surface area contributed by atoms with Crippen LogP contribution in [0.15, 0.2) is 24.3 Å². The van der Waals surface area contributed by atoms with Gasteiger partial charge in [0.15, 0.2) is 0 Å². The number of amides is 1. The molecule has 98 valence electrons. The van der Waals surface area contributed by atoms with Gasteiger partial charge in [-0.1, -0.05) is 36.7 Å². The van der Waals surface area contributed by atoms with Crippen molar-refractivity contribution in [3.8, 4) is 0 Å². The van der Waals surface area contributed by atoms with E-state index in [4.69, 9.17) is 11.6 Å². The summed E-state index contributed by atoms with van der Waals surface area (Å²) in [7, 11) is 0. The fourth-order valence-corrected chi connectivity index (χ4v) is 2.54. The van der Waals surface area contributed by atoms with Gasteiger partial charge < -0.3 is 10.6 Å². The third-order valence-electron chi connectivity index (χ3n) is 3.46. The van der Waals surface area contributed by atoms with Crippen LogP contribution in [0.5, 0.6) is 0 Å². The molecule has 1 heterocycles. The first-order valence-corrected chi connectivity index (χ1v) is 6.81. The maximum atomic E-state index is 12.1. The minimum absolute atomic E-state index is 0.0683. The van der Waals surface area contributed by atoms with E-state index in [9.17, 15) is 4.79 Å². The molecule has 4 heteroatoms. The summed E-state index contributed by atoms with van der Waals surface area (Å²) in [5.41, 5.74) is 0.955. The van der Waals surface area contributed by atoms with E-state index in [-0.39, 0.29) is 11.9 Å². The molecular formula is C14H19ClN2O. The Morgan fingerprint density at radius 2 is 2.28 bits per heavy atom. The Hall–Kier alpha value is -1.06. The molecule has 2 unspecified atom stereocenters. The van der Waals surface area contributed by atoms with Crippen LogP contribution >= 0.6 is 11.6 Å². The Balaban J connectivity index is 1.90. The number of halogens is 1. The van der Waals surface area contributed by atoms with E-state index >= 15 is 0 Å². The number of nitrogens with one attached hydrogen (secondary N) is 2. The Kier molecular flexibility index (Phi) is 4.61. The van der Waals surface area contributed by atoms with E-state index in [2.05, 4.69) is 17.6 Å². The molecule has 0 saturated carbocycles.